The van der Waals surface area contributed by atoms with Gasteiger partial charge in [0.25, 0.3) is 6.43 Å². The summed E-state index contributed by atoms with van der Waals surface area (Å²) in [5.74, 6) is -0.566. The fourth-order valence-corrected chi connectivity index (χ4v) is 1.87. The molecule has 1 rings (SSSR count). The van der Waals surface area contributed by atoms with Crippen molar-refractivity contribution >= 4 is 28.4 Å². The SMILES string of the molecule is Cc1c([N+](=O)[O-])c(C(F)F)nn1CC(=O)NCCCC(=O)Cl. The molecule has 1 aromatic heterocycles. The number of hydrogen-bond donors (Lipinski definition) is 1. The highest BCUT2D eigenvalue weighted by molar-refractivity contribution is 6.63. The Balaban J connectivity index is 2.73. The second-order valence-corrected chi connectivity index (χ2v) is 4.76. The molecule has 8 nitrogen and oxygen atoms in total. The molecule has 1 amide bonds. The van der Waals surface area contributed by atoms with E-state index in [1.54, 1.807) is 0 Å². The van der Waals surface area contributed by atoms with Crippen LogP contribution in [0.5, 0.6) is 0 Å². The van der Waals surface area contributed by atoms with Gasteiger partial charge in [0.1, 0.15) is 12.2 Å². The Labute approximate surface area is 128 Å². The lowest BCUT2D eigenvalue weighted by Crippen LogP contribution is -2.29. The van der Waals surface area contributed by atoms with Crippen molar-refractivity contribution in [1.29, 1.82) is 0 Å². The van der Waals surface area contributed by atoms with Gasteiger partial charge in [-0.2, -0.15) is 5.10 Å². The highest BCUT2D eigenvalue weighted by atomic mass is 35.5. The topological polar surface area (TPSA) is 107 Å². The van der Waals surface area contributed by atoms with Gasteiger partial charge in [-0.25, -0.2) is 8.78 Å². The Hall–Kier alpha value is -2.10. The van der Waals surface area contributed by atoms with Crippen molar-refractivity contribution in [2.45, 2.75) is 32.7 Å². The van der Waals surface area contributed by atoms with Gasteiger partial charge < -0.3 is 5.32 Å². The number of nitrogens with one attached hydrogen (secondary N) is 1. The van der Waals surface area contributed by atoms with Crippen molar-refractivity contribution in [3.63, 3.8) is 0 Å². The minimum atomic E-state index is -3.11. The molecule has 0 aliphatic rings. The molecular formula is C11H13ClF2N4O4. The first-order chi connectivity index (χ1) is 10.2. The summed E-state index contributed by atoms with van der Waals surface area (Å²) in [5, 5.41) is 16.1. The van der Waals surface area contributed by atoms with Crippen LogP contribution >= 0.6 is 11.6 Å². The smallest absolute Gasteiger partial charge is 0.319 e. The molecule has 0 spiro atoms. The Morgan fingerprint density at radius 2 is 2.14 bits per heavy atom. The number of hydrogen-bond acceptors (Lipinski definition) is 5. The van der Waals surface area contributed by atoms with E-state index in [0.29, 0.717) is 6.42 Å². The van der Waals surface area contributed by atoms with E-state index >= 15 is 0 Å². The van der Waals surface area contributed by atoms with Crippen molar-refractivity contribution in [1.82, 2.24) is 15.1 Å². The average molecular weight is 339 g/mol. The van der Waals surface area contributed by atoms with Crippen LogP contribution in [0.2, 0.25) is 0 Å². The van der Waals surface area contributed by atoms with Crippen LogP contribution in [-0.2, 0) is 16.1 Å². The van der Waals surface area contributed by atoms with Crippen LogP contribution in [-0.4, -0.2) is 32.4 Å². The van der Waals surface area contributed by atoms with Crippen molar-refractivity contribution in [3.05, 3.63) is 21.5 Å². The van der Waals surface area contributed by atoms with E-state index in [9.17, 15) is 28.5 Å². The molecule has 0 atom stereocenters. The van der Waals surface area contributed by atoms with Gasteiger partial charge in [-0.3, -0.25) is 24.4 Å². The Morgan fingerprint density at radius 1 is 1.50 bits per heavy atom. The summed E-state index contributed by atoms with van der Waals surface area (Å²) in [7, 11) is 0. The number of carbonyl (C=O) groups excluding carboxylic acids is 2. The number of aromatic nitrogens is 2. The van der Waals surface area contributed by atoms with E-state index in [1.807, 2.05) is 0 Å². The van der Waals surface area contributed by atoms with Gasteiger partial charge in [-0.1, -0.05) is 0 Å². The molecule has 22 heavy (non-hydrogen) atoms. The predicted octanol–water partition coefficient (Wildman–Crippen LogP) is 1.70. The number of amides is 1. The lowest BCUT2D eigenvalue weighted by Gasteiger charge is -2.05. The summed E-state index contributed by atoms with van der Waals surface area (Å²) in [6.45, 7) is 0.964. The minimum Gasteiger partial charge on any atom is -0.354 e. The first-order valence-corrected chi connectivity index (χ1v) is 6.56. The average Bonchev–Trinajstić information content (AvgIpc) is 2.72. The molecule has 11 heteroatoms. The van der Waals surface area contributed by atoms with Crippen LogP contribution < -0.4 is 5.32 Å². The summed E-state index contributed by atoms with van der Waals surface area (Å²) in [6.07, 6.45) is -2.70. The van der Waals surface area contributed by atoms with Gasteiger partial charge >= 0.3 is 5.69 Å². The molecule has 0 aliphatic heterocycles. The molecule has 0 saturated heterocycles. The number of rotatable bonds is 8. The maximum Gasteiger partial charge on any atom is 0.319 e. The maximum atomic E-state index is 12.7. The first-order valence-electron chi connectivity index (χ1n) is 6.19. The quantitative estimate of drug-likeness (QED) is 0.336. The van der Waals surface area contributed by atoms with Crippen LogP contribution in [0.25, 0.3) is 0 Å². The summed E-state index contributed by atoms with van der Waals surface area (Å²) in [6, 6.07) is 0. The van der Waals surface area contributed by atoms with Gasteiger partial charge in [0.2, 0.25) is 16.8 Å². The third-order valence-corrected chi connectivity index (χ3v) is 2.94. The van der Waals surface area contributed by atoms with Crippen molar-refractivity contribution in [2.75, 3.05) is 6.54 Å². The number of nitrogens with zero attached hydrogens (tertiary/aromatic N) is 3. The van der Waals surface area contributed by atoms with E-state index in [1.165, 1.54) is 6.92 Å². The molecule has 0 unspecified atom stereocenters. The molecule has 0 aromatic carbocycles. The zero-order valence-corrected chi connectivity index (χ0v) is 12.3. The van der Waals surface area contributed by atoms with E-state index in [-0.39, 0.29) is 18.7 Å². The predicted molar refractivity (Wildman–Crippen MR) is 71.7 cm³/mol. The van der Waals surface area contributed by atoms with Crippen LogP contribution in [0.3, 0.4) is 0 Å². The Kier molecular flexibility index (Phi) is 6.35. The fraction of sp³-hybridized carbons (Fsp3) is 0.545. The van der Waals surface area contributed by atoms with E-state index in [4.69, 9.17) is 11.6 Å². The highest BCUT2D eigenvalue weighted by Crippen LogP contribution is 2.30. The molecule has 0 radical (unpaired) electrons. The van der Waals surface area contributed by atoms with Crippen molar-refractivity contribution in [3.8, 4) is 0 Å². The second kappa shape index (κ2) is 7.78. The minimum absolute atomic E-state index is 0.0869. The van der Waals surface area contributed by atoms with Crippen LogP contribution in [0.15, 0.2) is 0 Å². The highest BCUT2D eigenvalue weighted by Gasteiger charge is 2.31. The molecule has 1 heterocycles. The van der Waals surface area contributed by atoms with Gasteiger partial charge in [-0.05, 0) is 24.9 Å². The zero-order chi connectivity index (χ0) is 16.9. The van der Waals surface area contributed by atoms with Crippen molar-refractivity contribution in [2.24, 2.45) is 0 Å². The van der Waals surface area contributed by atoms with Gasteiger partial charge in [0, 0.05) is 13.0 Å². The number of carbonyl (C=O) groups is 2. The summed E-state index contributed by atoms with van der Waals surface area (Å²) < 4.78 is 26.3. The number of alkyl halides is 2. The molecule has 0 bridgehead atoms. The standard InChI is InChI=1S/C11H13ClF2N4O4/c1-6-10(18(21)22)9(11(13)14)16-17(6)5-8(20)15-4-2-3-7(12)19/h11H,2-5H2,1H3,(H,15,20). The van der Waals surface area contributed by atoms with Gasteiger partial charge in [0.05, 0.1) is 4.92 Å². The fourth-order valence-electron chi connectivity index (χ4n) is 1.73. The Morgan fingerprint density at radius 3 is 2.59 bits per heavy atom. The van der Waals surface area contributed by atoms with E-state index in [0.717, 1.165) is 4.68 Å². The summed E-state index contributed by atoms with van der Waals surface area (Å²) in [4.78, 5) is 32.0. The molecule has 1 aromatic rings. The second-order valence-electron chi connectivity index (χ2n) is 4.34. The first kappa shape index (κ1) is 18.0. The van der Waals surface area contributed by atoms with E-state index in [2.05, 4.69) is 10.4 Å². The number of halogens is 3. The van der Waals surface area contributed by atoms with Crippen molar-refractivity contribution < 1.29 is 23.3 Å². The molecular weight excluding hydrogens is 326 g/mol. The third-order valence-electron chi connectivity index (χ3n) is 2.76. The van der Waals surface area contributed by atoms with Gasteiger partial charge in [0.15, 0.2) is 0 Å². The van der Waals surface area contributed by atoms with Crippen LogP contribution in [0.4, 0.5) is 14.5 Å². The molecule has 0 aliphatic carbocycles. The zero-order valence-electron chi connectivity index (χ0n) is 11.5. The molecule has 0 saturated carbocycles. The summed E-state index contributed by atoms with van der Waals surface area (Å²) >= 11 is 5.12. The van der Waals surface area contributed by atoms with Crippen LogP contribution in [0, 0.1) is 17.0 Å². The molecule has 0 fully saturated rings. The normalized spacial score (nSPS) is 10.8. The van der Waals surface area contributed by atoms with E-state index < -0.39 is 40.4 Å². The lowest BCUT2D eigenvalue weighted by molar-refractivity contribution is -0.386. The monoisotopic (exact) mass is 338 g/mol. The van der Waals surface area contributed by atoms with Crippen LogP contribution in [0.1, 0.15) is 30.7 Å². The lowest BCUT2D eigenvalue weighted by atomic mass is 10.3. The maximum absolute atomic E-state index is 12.7. The third kappa shape index (κ3) is 4.72. The Bertz CT molecular complexity index is 591. The number of nitro groups is 1. The summed E-state index contributed by atoms with van der Waals surface area (Å²) in [5.41, 5.74) is -1.90. The largest absolute Gasteiger partial charge is 0.354 e. The molecule has 122 valence electrons. The molecule has 1 N–H and O–H groups in total. The van der Waals surface area contributed by atoms with Gasteiger partial charge in [-0.15, -0.1) is 0 Å².